The van der Waals surface area contributed by atoms with E-state index in [1.165, 1.54) is 0 Å². The Kier molecular flexibility index (Phi) is 2.02. The number of carbonyl (C=O) groups excluding carboxylic acids is 1. The number of benzene rings is 1. The summed E-state index contributed by atoms with van der Waals surface area (Å²) in [6.07, 6.45) is 0. The number of β-lactam (4-membered cyclic amide) rings is 1. The van der Waals surface area contributed by atoms with Crippen molar-refractivity contribution in [1.29, 1.82) is 0 Å². The van der Waals surface area contributed by atoms with Crippen LogP contribution in [0.25, 0.3) is 0 Å². The van der Waals surface area contributed by atoms with Crippen molar-refractivity contribution in [2.75, 3.05) is 6.54 Å². The molecule has 4 heteroatoms. The molecule has 0 aliphatic carbocycles. The first-order valence-electron chi connectivity index (χ1n) is 4.47. The zero-order valence-corrected chi connectivity index (χ0v) is 7.66. The molecule has 74 valence electrons. The van der Waals surface area contributed by atoms with Crippen LogP contribution in [0.2, 0.25) is 0 Å². The molecule has 1 fully saturated rings. The van der Waals surface area contributed by atoms with E-state index in [2.05, 4.69) is 5.32 Å². The van der Waals surface area contributed by atoms with Gasteiger partial charge >= 0.3 is 0 Å². The third-order valence-electron chi connectivity index (χ3n) is 2.55. The van der Waals surface area contributed by atoms with Gasteiger partial charge in [0.25, 0.3) is 5.91 Å². The van der Waals surface area contributed by atoms with Gasteiger partial charge in [0.15, 0.2) is 5.60 Å². The van der Waals surface area contributed by atoms with Gasteiger partial charge in [0.05, 0.1) is 6.54 Å². The van der Waals surface area contributed by atoms with Crippen molar-refractivity contribution < 1.29 is 9.90 Å². The molecule has 1 aromatic rings. The Bertz CT molecular complexity index is 361. The Balaban J connectivity index is 2.29. The molecule has 1 heterocycles. The Labute approximate surface area is 81.7 Å². The summed E-state index contributed by atoms with van der Waals surface area (Å²) in [6.45, 7) is 0.749. The number of amides is 1. The zero-order valence-electron chi connectivity index (χ0n) is 7.66. The minimum absolute atomic E-state index is 0.286. The van der Waals surface area contributed by atoms with Crippen LogP contribution in [-0.2, 0) is 16.9 Å². The van der Waals surface area contributed by atoms with Crippen LogP contribution in [-0.4, -0.2) is 17.6 Å². The molecular formula is C10H12N2O2. The second kappa shape index (κ2) is 3.08. The summed E-state index contributed by atoms with van der Waals surface area (Å²) in [5.74, 6) is -0.335. The van der Waals surface area contributed by atoms with Gasteiger partial charge in [0.2, 0.25) is 0 Å². The SMILES string of the molecule is NCc1ccc(C2(O)CNC2=O)cc1. The minimum atomic E-state index is -1.33. The Morgan fingerprint density at radius 1 is 1.43 bits per heavy atom. The molecule has 0 saturated carbocycles. The van der Waals surface area contributed by atoms with E-state index >= 15 is 0 Å². The predicted molar refractivity (Wildman–Crippen MR) is 51.2 cm³/mol. The van der Waals surface area contributed by atoms with Crippen molar-refractivity contribution in [1.82, 2.24) is 5.32 Å². The predicted octanol–water partition coefficient (Wildman–Crippen LogP) is -0.537. The molecule has 1 saturated heterocycles. The molecule has 0 bridgehead atoms. The van der Waals surface area contributed by atoms with Crippen LogP contribution in [0, 0.1) is 0 Å². The van der Waals surface area contributed by atoms with E-state index < -0.39 is 5.60 Å². The summed E-state index contributed by atoms with van der Waals surface area (Å²) in [7, 11) is 0. The quantitative estimate of drug-likeness (QED) is 0.551. The van der Waals surface area contributed by atoms with Crippen LogP contribution < -0.4 is 11.1 Å². The molecule has 14 heavy (non-hydrogen) atoms. The Morgan fingerprint density at radius 2 is 2.07 bits per heavy atom. The van der Waals surface area contributed by atoms with Crippen molar-refractivity contribution in [3.05, 3.63) is 35.4 Å². The van der Waals surface area contributed by atoms with Crippen molar-refractivity contribution in [2.45, 2.75) is 12.1 Å². The van der Waals surface area contributed by atoms with E-state index in [4.69, 9.17) is 5.73 Å². The summed E-state index contributed by atoms with van der Waals surface area (Å²) in [4.78, 5) is 11.1. The highest BCUT2D eigenvalue weighted by Crippen LogP contribution is 2.26. The molecule has 2 rings (SSSR count). The molecule has 4 N–H and O–H groups in total. The van der Waals surface area contributed by atoms with Crippen LogP contribution in [0.4, 0.5) is 0 Å². The van der Waals surface area contributed by atoms with Gasteiger partial charge in [-0.2, -0.15) is 0 Å². The summed E-state index contributed by atoms with van der Waals surface area (Å²) in [5, 5.41) is 12.4. The third-order valence-corrected chi connectivity index (χ3v) is 2.55. The lowest BCUT2D eigenvalue weighted by molar-refractivity contribution is -0.153. The molecule has 1 aliphatic rings. The van der Waals surface area contributed by atoms with Gasteiger partial charge in [-0.25, -0.2) is 0 Å². The summed E-state index contributed by atoms with van der Waals surface area (Å²) < 4.78 is 0. The molecule has 0 spiro atoms. The number of rotatable bonds is 2. The third kappa shape index (κ3) is 1.20. The topological polar surface area (TPSA) is 75.3 Å². The Hall–Kier alpha value is -1.39. The van der Waals surface area contributed by atoms with Crippen LogP contribution in [0.15, 0.2) is 24.3 Å². The second-order valence-electron chi connectivity index (χ2n) is 3.44. The van der Waals surface area contributed by atoms with Gasteiger partial charge < -0.3 is 16.2 Å². The highest BCUT2D eigenvalue weighted by atomic mass is 16.3. The first-order valence-corrected chi connectivity index (χ1v) is 4.47. The van der Waals surface area contributed by atoms with Gasteiger partial charge in [-0.3, -0.25) is 4.79 Å². The van der Waals surface area contributed by atoms with Crippen molar-refractivity contribution in [3.8, 4) is 0 Å². The van der Waals surface area contributed by atoms with E-state index in [9.17, 15) is 9.90 Å². The van der Waals surface area contributed by atoms with E-state index in [-0.39, 0.29) is 12.5 Å². The molecule has 4 nitrogen and oxygen atoms in total. The lowest BCUT2D eigenvalue weighted by Gasteiger charge is -2.36. The molecule has 1 amide bonds. The van der Waals surface area contributed by atoms with E-state index in [0.29, 0.717) is 12.1 Å². The summed E-state index contributed by atoms with van der Waals surface area (Å²) in [5.41, 5.74) is 5.72. The van der Waals surface area contributed by atoms with Gasteiger partial charge in [-0.1, -0.05) is 24.3 Å². The standard InChI is InChI=1S/C10H12N2O2/c11-5-7-1-3-8(4-2-7)10(14)6-12-9(10)13/h1-4,14H,5-6,11H2,(H,12,13). The highest BCUT2D eigenvalue weighted by Gasteiger charge is 2.45. The smallest absolute Gasteiger partial charge is 0.258 e. The molecule has 1 aromatic carbocycles. The summed E-state index contributed by atoms with van der Waals surface area (Å²) in [6, 6.07) is 7.11. The molecule has 1 unspecified atom stereocenters. The van der Waals surface area contributed by atoms with Gasteiger partial charge in [-0.15, -0.1) is 0 Å². The average Bonchev–Trinajstić information content (AvgIpc) is 2.26. The average molecular weight is 192 g/mol. The number of β-amino-alcohol motifs (C(OH)–C–C–N with tert-alkyl or cyclic N) is 1. The van der Waals surface area contributed by atoms with Gasteiger partial charge in [0, 0.05) is 6.54 Å². The van der Waals surface area contributed by atoms with E-state index in [0.717, 1.165) is 5.56 Å². The number of nitrogens with one attached hydrogen (secondary N) is 1. The fourth-order valence-corrected chi connectivity index (χ4v) is 1.48. The molecule has 0 aromatic heterocycles. The zero-order chi connectivity index (χ0) is 10.2. The number of aliphatic hydroxyl groups is 1. The molecular weight excluding hydrogens is 180 g/mol. The number of carbonyl (C=O) groups is 1. The maximum atomic E-state index is 11.1. The number of hydrogen-bond acceptors (Lipinski definition) is 3. The van der Waals surface area contributed by atoms with Crippen LogP contribution in [0.1, 0.15) is 11.1 Å². The van der Waals surface area contributed by atoms with E-state index in [1.54, 1.807) is 12.1 Å². The van der Waals surface area contributed by atoms with Gasteiger partial charge in [-0.05, 0) is 11.1 Å². The first-order chi connectivity index (χ1) is 6.66. The molecule has 1 aliphatic heterocycles. The minimum Gasteiger partial charge on any atom is -0.374 e. The van der Waals surface area contributed by atoms with Crippen molar-refractivity contribution >= 4 is 5.91 Å². The van der Waals surface area contributed by atoms with Gasteiger partial charge in [0.1, 0.15) is 0 Å². The fourth-order valence-electron chi connectivity index (χ4n) is 1.48. The van der Waals surface area contributed by atoms with Crippen LogP contribution in [0.5, 0.6) is 0 Å². The number of nitrogens with two attached hydrogens (primary N) is 1. The number of hydrogen-bond donors (Lipinski definition) is 3. The lowest BCUT2D eigenvalue weighted by Crippen LogP contribution is -2.62. The first kappa shape index (κ1) is 9.18. The monoisotopic (exact) mass is 192 g/mol. The second-order valence-corrected chi connectivity index (χ2v) is 3.44. The molecule has 0 radical (unpaired) electrons. The van der Waals surface area contributed by atoms with Crippen molar-refractivity contribution in [2.24, 2.45) is 5.73 Å². The maximum Gasteiger partial charge on any atom is 0.258 e. The lowest BCUT2D eigenvalue weighted by atomic mass is 9.87. The van der Waals surface area contributed by atoms with Crippen LogP contribution in [0.3, 0.4) is 0 Å². The fraction of sp³-hybridized carbons (Fsp3) is 0.300. The van der Waals surface area contributed by atoms with E-state index in [1.807, 2.05) is 12.1 Å². The Morgan fingerprint density at radius 3 is 2.43 bits per heavy atom. The summed E-state index contributed by atoms with van der Waals surface area (Å²) >= 11 is 0. The largest absolute Gasteiger partial charge is 0.374 e. The maximum absolute atomic E-state index is 11.1. The van der Waals surface area contributed by atoms with Crippen LogP contribution >= 0.6 is 0 Å². The van der Waals surface area contributed by atoms with Crippen molar-refractivity contribution in [3.63, 3.8) is 0 Å². The normalized spacial score (nSPS) is 25.4. The highest BCUT2D eigenvalue weighted by molar-refractivity contribution is 5.92. The molecule has 1 atom stereocenters.